The molecule has 1 fully saturated rings. The first-order valence-electron chi connectivity index (χ1n) is 12.8. The molecule has 0 saturated carbocycles. The highest BCUT2D eigenvalue weighted by Crippen LogP contribution is 2.48. The van der Waals surface area contributed by atoms with E-state index in [0.717, 1.165) is 11.3 Å². The monoisotopic (exact) mass is 566 g/mol. The number of β-amino-alcohol motifs (C(OH)–C–C–N with tert-alkyl or cyclic N) is 1. The van der Waals surface area contributed by atoms with E-state index in [9.17, 15) is 31.4 Å². The number of alkyl halides is 6. The number of benzene rings is 3. The van der Waals surface area contributed by atoms with Crippen molar-refractivity contribution in [3.05, 3.63) is 89.5 Å². The summed E-state index contributed by atoms with van der Waals surface area (Å²) in [5, 5.41) is 9.93. The van der Waals surface area contributed by atoms with Crippen LogP contribution in [0.3, 0.4) is 0 Å². The molecule has 0 spiro atoms. The molecule has 0 aromatic heterocycles. The summed E-state index contributed by atoms with van der Waals surface area (Å²) in [6.07, 6.45) is -12.0. The van der Waals surface area contributed by atoms with E-state index in [2.05, 4.69) is 9.64 Å². The summed E-state index contributed by atoms with van der Waals surface area (Å²) in [6.45, 7) is 1.88. The van der Waals surface area contributed by atoms with Gasteiger partial charge in [0.2, 0.25) is 0 Å². The molecule has 2 unspecified atom stereocenters. The van der Waals surface area contributed by atoms with Gasteiger partial charge in [0.25, 0.3) is 0 Å². The SMILES string of the molecule is OC(CN1CC(Cc2cccc(N3CCOCC3)c2)(c2cccc(OC(F)(F)F)c2)c2ccccc21)C(F)(F)F. The number of aliphatic hydroxyl groups is 1. The summed E-state index contributed by atoms with van der Waals surface area (Å²) >= 11 is 0. The van der Waals surface area contributed by atoms with Gasteiger partial charge < -0.3 is 24.4 Å². The predicted octanol–water partition coefficient (Wildman–Crippen LogP) is 5.69. The Morgan fingerprint density at radius 2 is 1.62 bits per heavy atom. The number of halogens is 6. The van der Waals surface area contributed by atoms with Crippen LogP contribution in [-0.4, -0.2) is 63.1 Å². The average Bonchev–Trinajstić information content (AvgIpc) is 3.22. The van der Waals surface area contributed by atoms with Gasteiger partial charge in [-0.05, 0) is 53.4 Å². The van der Waals surface area contributed by atoms with Crippen LogP contribution in [0.15, 0.2) is 72.8 Å². The lowest BCUT2D eigenvalue weighted by Gasteiger charge is -2.34. The molecule has 2 aliphatic heterocycles. The third kappa shape index (κ3) is 6.00. The van der Waals surface area contributed by atoms with E-state index in [-0.39, 0.29) is 13.0 Å². The lowest BCUT2D eigenvalue weighted by molar-refractivity contribution is -0.274. The molecule has 2 heterocycles. The van der Waals surface area contributed by atoms with Crippen LogP contribution in [0.25, 0.3) is 0 Å². The van der Waals surface area contributed by atoms with Gasteiger partial charge in [0, 0.05) is 36.4 Å². The molecule has 1 N–H and O–H groups in total. The van der Waals surface area contributed by atoms with Crippen molar-refractivity contribution >= 4 is 11.4 Å². The fourth-order valence-corrected chi connectivity index (χ4v) is 5.65. The Balaban J connectivity index is 1.59. The van der Waals surface area contributed by atoms with Crippen molar-refractivity contribution in [3.8, 4) is 5.75 Å². The largest absolute Gasteiger partial charge is 0.573 e. The van der Waals surface area contributed by atoms with E-state index in [1.807, 2.05) is 24.3 Å². The lowest BCUT2D eigenvalue weighted by atomic mass is 9.71. The van der Waals surface area contributed by atoms with Gasteiger partial charge in [-0.15, -0.1) is 13.2 Å². The van der Waals surface area contributed by atoms with Gasteiger partial charge in [0.05, 0.1) is 19.8 Å². The Bertz CT molecular complexity index is 1330. The van der Waals surface area contributed by atoms with E-state index < -0.39 is 36.4 Å². The Morgan fingerprint density at radius 1 is 0.900 bits per heavy atom. The van der Waals surface area contributed by atoms with Gasteiger partial charge in [-0.3, -0.25) is 0 Å². The number of morpholine rings is 1. The van der Waals surface area contributed by atoms with Gasteiger partial charge in [0.15, 0.2) is 6.10 Å². The first-order chi connectivity index (χ1) is 18.9. The number of fused-ring (bicyclic) bond motifs is 1. The van der Waals surface area contributed by atoms with Gasteiger partial charge >= 0.3 is 12.5 Å². The molecule has 40 heavy (non-hydrogen) atoms. The Kier molecular flexibility index (Phi) is 7.62. The first-order valence-corrected chi connectivity index (χ1v) is 12.8. The topological polar surface area (TPSA) is 45.2 Å². The Morgan fingerprint density at radius 3 is 2.35 bits per heavy atom. The van der Waals surface area contributed by atoms with Crippen molar-refractivity contribution in [3.63, 3.8) is 0 Å². The summed E-state index contributed by atoms with van der Waals surface area (Å²) in [6, 6.07) is 20.2. The number of rotatable bonds is 7. The summed E-state index contributed by atoms with van der Waals surface area (Å²) in [5.74, 6) is -0.419. The Hall–Kier alpha value is -3.44. The van der Waals surface area contributed by atoms with E-state index in [0.29, 0.717) is 43.1 Å². The lowest BCUT2D eigenvalue weighted by Crippen LogP contribution is -2.44. The zero-order valence-corrected chi connectivity index (χ0v) is 21.4. The number of para-hydroxylation sites is 1. The summed E-state index contributed by atoms with van der Waals surface area (Å²) < 4.78 is 89.0. The third-order valence-corrected chi connectivity index (χ3v) is 7.41. The zero-order chi connectivity index (χ0) is 28.5. The van der Waals surface area contributed by atoms with Crippen LogP contribution in [-0.2, 0) is 16.6 Å². The molecule has 3 aromatic rings. The van der Waals surface area contributed by atoms with Crippen molar-refractivity contribution in [2.24, 2.45) is 0 Å². The van der Waals surface area contributed by atoms with Crippen LogP contribution in [0.2, 0.25) is 0 Å². The number of hydrogen-bond donors (Lipinski definition) is 1. The number of nitrogens with zero attached hydrogens (tertiary/aromatic N) is 2. The van der Waals surface area contributed by atoms with Gasteiger partial charge in [-0.2, -0.15) is 13.2 Å². The molecule has 0 amide bonds. The number of hydrogen-bond acceptors (Lipinski definition) is 5. The minimum absolute atomic E-state index is 0.0107. The van der Waals surface area contributed by atoms with E-state index in [4.69, 9.17) is 4.74 Å². The van der Waals surface area contributed by atoms with Gasteiger partial charge in [-0.1, -0.05) is 42.5 Å². The van der Waals surface area contributed by atoms with Crippen LogP contribution < -0.4 is 14.5 Å². The minimum atomic E-state index is -4.91. The maximum Gasteiger partial charge on any atom is 0.573 e. The van der Waals surface area contributed by atoms with E-state index in [1.54, 1.807) is 30.3 Å². The van der Waals surface area contributed by atoms with E-state index in [1.165, 1.54) is 23.1 Å². The summed E-state index contributed by atoms with van der Waals surface area (Å²) in [7, 11) is 0. The molecular weight excluding hydrogens is 538 g/mol. The van der Waals surface area contributed by atoms with Crippen LogP contribution in [0.5, 0.6) is 5.75 Å². The van der Waals surface area contributed by atoms with Crippen LogP contribution in [0, 0.1) is 0 Å². The second-order valence-corrected chi connectivity index (χ2v) is 10.1. The number of ether oxygens (including phenoxy) is 2. The molecule has 214 valence electrons. The van der Waals surface area contributed by atoms with Crippen LogP contribution in [0.4, 0.5) is 37.7 Å². The molecule has 5 rings (SSSR count). The second-order valence-electron chi connectivity index (χ2n) is 10.1. The molecule has 2 atom stereocenters. The summed E-state index contributed by atoms with van der Waals surface area (Å²) in [5.41, 5.74) is 2.39. The molecular formula is C29H28F6N2O3. The highest BCUT2D eigenvalue weighted by atomic mass is 19.4. The molecule has 1 saturated heterocycles. The van der Waals surface area contributed by atoms with Crippen molar-refractivity contribution < 1.29 is 40.9 Å². The summed E-state index contributed by atoms with van der Waals surface area (Å²) in [4.78, 5) is 3.63. The normalized spacial score (nSPS) is 20.4. The van der Waals surface area contributed by atoms with Crippen LogP contribution >= 0.6 is 0 Å². The predicted molar refractivity (Wildman–Crippen MR) is 138 cm³/mol. The smallest absolute Gasteiger partial charge is 0.406 e. The molecule has 11 heteroatoms. The highest BCUT2D eigenvalue weighted by Gasteiger charge is 2.47. The quantitative estimate of drug-likeness (QED) is 0.372. The highest BCUT2D eigenvalue weighted by molar-refractivity contribution is 5.67. The van der Waals surface area contributed by atoms with Crippen LogP contribution in [0.1, 0.15) is 16.7 Å². The number of aliphatic hydroxyl groups excluding tert-OH is 1. The fourth-order valence-electron chi connectivity index (χ4n) is 5.65. The molecule has 0 bridgehead atoms. The number of anilines is 2. The van der Waals surface area contributed by atoms with Gasteiger partial charge in [0.1, 0.15) is 5.75 Å². The van der Waals surface area contributed by atoms with Crippen molar-refractivity contribution in [1.82, 2.24) is 0 Å². The van der Waals surface area contributed by atoms with Crippen molar-refractivity contribution in [2.75, 3.05) is 49.2 Å². The minimum Gasteiger partial charge on any atom is -0.406 e. The van der Waals surface area contributed by atoms with E-state index >= 15 is 0 Å². The fraction of sp³-hybridized carbons (Fsp3) is 0.379. The Labute approximate surface area is 227 Å². The molecule has 2 aliphatic rings. The van der Waals surface area contributed by atoms with Crippen molar-refractivity contribution in [2.45, 2.75) is 30.5 Å². The zero-order valence-electron chi connectivity index (χ0n) is 21.4. The second kappa shape index (κ2) is 10.9. The molecule has 0 aliphatic carbocycles. The molecule has 3 aromatic carbocycles. The molecule has 0 radical (unpaired) electrons. The standard InChI is InChI=1S/C29H28F6N2O3/c30-28(31,32)26(38)18-37-19-27(24-9-1-2-10-25(24)37,21-6-4-8-23(16-21)40-29(33,34)35)17-20-5-3-7-22(15-20)36-11-13-39-14-12-36/h1-10,15-16,26,38H,11-14,17-19H2. The van der Waals surface area contributed by atoms with Gasteiger partial charge in [-0.25, -0.2) is 0 Å². The average molecular weight is 567 g/mol. The third-order valence-electron chi connectivity index (χ3n) is 7.41. The first kappa shape index (κ1) is 28.1. The maximum absolute atomic E-state index is 13.4. The van der Waals surface area contributed by atoms with Crippen molar-refractivity contribution in [1.29, 1.82) is 0 Å². The molecule has 5 nitrogen and oxygen atoms in total. The maximum atomic E-state index is 13.4.